The molecule has 0 bridgehead atoms. The Bertz CT molecular complexity index is 432. The fourth-order valence-corrected chi connectivity index (χ4v) is 2.50. The molecule has 0 aliphatic heterocycles. The number of quaternary nitrogens is 1. The fraction of sp³-hybridized carbons (Fsp3) is 0.667. The van der Waals surface area contributed by atoms with Crippen molar-refractivity contribution in [2.24, 2.45) is 0 Å². The summed E-state index contributed by atoms with van der Waals surface area (Å²) in [6, 6.07) is 6.28. The number of ether oxygens (including phenoxy) is 1. The van der Waals surface area contributed by atoms with E-state index in [0.29, 0.717) is 12.4 Å². The summed E-state index contributed by atoms with van der Waals surface area (Å²) in [6.07, 6.45) is 10.2. The van der Waals surface area contributed by atoms with Crippen LogP contribution in [0.4, 0.5) is 5.69 Å². The first-order valence-electron chi connectivity index (χ1n) is 8.76. The zero-order chi connectivity index (χ0) is 16.9. The number of nitro benzene ring substituents is 1. The third kappa shape index (κ3) is 9.89. The number of nitrogens with one attached hydrogen (secondary N) is 1. The Kier molecular flexibility index (Phi) is 10.0. The van der Waals surface area contributed by atoms with E-state index in [1.165, 1.54) is 68.5 Å². The molecule has 23 heavy (non-hydrogen) atoms. The number of non-ortho nitro benzene ring substituents is 1. The van der Waals surface area contributed by atoms with E-state index in [1.807, 2.05) is 0 Å². The second-order valence-electron chi connectivity index (χ2n) is 6.39. The van der Waals surface area contributed by atoms with Gasteiger partial charge in [0.15, 0.2) is 0 Å². The van der Waals surface area contributed by atoms with E-state index < -0.39 is 4.92 Å². The van der Waals surface area contributed by atoms with E-state index in [1.54, 1.807) is 12.1 Å². The zero-order valence-corrected chi connectivity index (χ0v) is 14.6. The lowest BCUT2D eigenvalue weighted by molar-refractivity contribution is -0.858. The van der Waals surface area contributed by atoms with Crippen LogP contribution in [0.1, 0.15) is 51.4 Å². The van der Waals surface area contributed by atoms with Crippen molar-refractivity contribution >= 4 is 5.69 Å². The molecule has 0 saturated carbocycles. The van der Waals surface area contributed by atoms with Gasteiger partial charge in [0, 0.05) is 12.1 Å². The molecule has 1 rings (SSSR count). The lowest BCUT2D eigenvalue weighted by Crippen LogP contribution is -3.05. The maximum atomic E-state index is 10.5. The van der Waals surface area contributed by atoms with E-state index in [9.17, 15) is 10.1 Å². The molecule has 0 unspecified atom stereocenters. The Morgan fingerprint density at radius 1 is 0.913 bits per heavy atom. The second kappa shape index (κ2) is 11.9. The molecule has 5 heteroatoms. The van der Waals surface area contributed by atoms with Crippen LogP contribution < -0.4 is 9.64 Å². The number of benzene rings is 1. The molecule has 1 aromatic carbocycles. The standard InChI is InChI=1S/C18H30N2O3/c1-19(2)15-9-7-5-3-4-6-8-10-16-23-18-13-11-17(12-14-18)20(21)22/h11-14H,3-10,15-16H2,1-2H3/p+1. The van der Waals surface area contributed by atoms with Gasteiger partial charge in [-0.3, -0.25) is 10.1 Å². The highest BCUT2D eigenvalue weighted by Gasteiger charge is 2.04. The van der Waals surface area contributed by atoms with E-state index in [-0.39, 0.29) is 5.69 Å². The van der Waals surface area contributed by atoms with Gasteiger partial charge in [0.1, 0.15) is 5.75 Å². The number of hydrogen-bond donors (Lipinski definition) is 1. The second-order valence-corrected chi connectivity index (χ2v) is 6.39. The maximum Gasteiger partial charge on any atom is 0.269 e. The van der Waals surface area contributed by atoms with Gasteiger partial charge in [-0.1, -0.05) is 32.1 Å². The molecular weight excluding hydrogens is 292 g/mol. The first-order valence-corrected chi connectivity index (χ1v) is 8.76. The van der Waals surface area contributed by atoms with Gasteiger partial charge in [0.2, 0.25) is 0 Å². The minimum atomic E-state index is -0.397. The van der Waals surface area contributed by atoms with E-state index >= 15 is 0 Å². The van der Waals surface area contributed by atoms with Crippen LogP contribution in [0.15, 0.2) is 24.3 Å². The van der Waals surface area contributed by atoms with Crippen LogP contribution in [0.2, 0.25) is 0 Å². The molecule has 0 saturated heterocycles. The van der Waals surface area contributed by atoms with E-state index in [0.717, 1.165) is 6.42 Å². The van der Waals surface area contributed by atoms with Crippen molar-refractivity contribution in [3.05, 3.63) is 34.4 Å². The topological polar surface area (TPSA) is 56.8 Å². The zero-order valence-electron chi connectivity index (χ0n) is 14.6. The summed E-state index contributed by atoms with van der Waals surface area (Å²) in [4.78, 5) is 11.7. The van der Waals surface area contributed by atoms with Crippen LogP contribution in [-0.2, 0) is 0 Å². The quantitative estimate of drug-likeness (QED) is 0.344. The summed E-state index contributed by atoms with van der Waals surface area (Å²) in [5.74, 6) is 0.707. The predicted octanol–water partition coefficient (Wildman–Crippen LogP) is 3.24. The summed E-state index contributed by atoms with van der Waals surface area (Å²) < 4.78 is 5.60. The summed E-state index contributed by atoms with van der Waals surface area (Å²) in [6.45, 7) is 1.96. The normalized spacial score (nSPS) is 10.9. The Balaban J connectivity index is 1.92. The van der Waals surface area contributed by atoms with Gasteiger partial charge in [0.05, 0.1) is 32.2 Å². The smallest absolute Gasteiger partial charge is 0.269 e. The van der Waals surface area contributed by atoms with Crippen LogP contribution in [-0.4, -0.2) is 32.2 Å². The Labute approximate surface area is 139 Å². The van der Waals surface area contributed by atoms with Crippen LogP contribution in [0.5, 0.6) is 5.75 Å². The lowest BCUT2D eigenvalue weighted by atomic mass is 10.1. The van der Waals surface area contributed by atoms with Gasteiger partial charge in [0.25, 0.3) is 5.69 Å². The Morgan fingerprint density at radius 2 is 1.43 bits per heavy atom. The van der Waals surface area contributed by atoms with Gasteiger partial charge in [-0.05, 0) is 31.4 Å². The van der Waals surface area contributed by atoms with Crippen molar-refractivity contribution in [1.29, 1.82) is 0 Å². The third-order valence-corrected chi connectivity index (χ3v) is 3.89. The molecule has 130 valence electrons. The van der Waals surface area contributed by atoms with Gasteiger partial charge >= 0.3 is 0 Å². The number of nitro groups is 1. The molecule has 0 amide bonds. The number of unbranched alkanes of at least 4 members (excludes halogenated alkanes) is 7. The molecule has 0 heterocycles. The first kappa shape index (κ1) is 19.4. The molecule has 5 nitrogen and oxygen atoms in total. The van der Waals surface area contributed by atoms with Gasteiger partial charge < -0.3 is 9.64 Å². The molecule has 0 aliphatic rings. The number of rotatable bonds is 13. The minimum Gasteiger partial charge on any atom is -0.494 e. The average Bonchev–Trinajstić information content (AvgIpc) is 2.52. The van der Waals surface area contributed by atoms with Crippen molar-refractivity contribution in [2.75, 3.05) is 27.2 Å². The summed E-state index contributed by atoms with van der Waals surface area (Å²) in [7, 11) is 4.41. The van der Waals surface area contributed by atoms with Gasteiger partial charge in [-0.2, -0.15) is 0 Å². The summed E-state index contributed by atoms with van der Waals surface area (Å²) in [5.41, 5.74) is 0.101. The Hall–Kier alpha value is -1.62. The lowest BCUT2D eigenvalue weighted by Gasteiger charge is -2.07. The largest absolute Gasteiger partial charge is 0.494 e. The highest BCUT2D eigenvalue weighted by Crippen LogP contribution is 2.17. The molecular formula is C18H31N2O3+. The average molecular weight is 323 g/mol. The number of nitrogens with zero attached hydrogens (tertiary/aromatic N) is 1. The SMILES string of the molecule is C[NH+](C)CCCCCCCCCCOc1ccc([N+](=O)[O-])cc1. The van der Waals surface area contributed by atoms with Gasteiger partial charge in [-0.15, -0.1) is 0 Å². The molecule has 0 atom stereocenters. The fourth-order valence-electron chi connectivity index (χ4n) is 2.50. The molecule has 1 N–H and O–H groups in total. The number of hydrogen-bond acceptors (Lipinski definition) is 3. The summed E-state index contributed by atoms with van der Waals surface area (Å²) >= 11 is 0. The predicted molar refractivity (Wildman–Crippen MR) is 93.2 cm³/mol. The van der Waals surface area contributed by atoms with Crippen molar-refractivity contribution in [2.45, 2.75) is 51.4 Å². The van der Waals surface area contributed by atoms with E-state index in [2.05, 4.69) is 14.1 Å². The van der Waals surface area contributed by atoms with Crippen molar-refractivity contribution < 1.29 is 14.6 Å². The highest BCUT2D eigenvalue weighted by molar-refractivity contribution is 5.35. The third-order valence-electron chi connectivity index (χ3n) is 3.89. The highest BCUT2D eigenvalue weighted by atomic mass is 16.6. The van der Waals surface area contributed by atoms with Crippen molar-refractivity contribution in [3.8, 4) is 5.75 Å². The monoisotopic (exact) mass is 323 g/mol. The molecule has 1 aromatic rings. The maximum absolute atomic E-state index is 10.5. The molecule has 0 spiro atoms. The van der Waals surface area contributed by atoms with Gasteiger partial charge in [-0.25, -0.2) is 0 Å². The molecule has 0 aromatic heterocycles. The van der Waals surface area contributed by atoms with Crippen LogP contribution in [0.25, 0.3) is 0 Å². The minimum absolute atomic E-state index is 0.101. The van der Waals surface area contributed by atoms with E-state index in [4.69, 9.17) is 4.74 Å². The van der Waals surface area contributed by atoms with Crippen LogP contribution in [0.3, 0.4) is 0 Å². The molecule has 0 radical (unpaired) electrons. The van der Waals surface area contributed by atoms with Crippen LogP contribution in [0, 0.1) is 10.1 Å². The van der Waals surface area contributed by atoms with Crippen molar-refractivity contribution in [1.82, 2.24) is 0 Å². The molecule has 0 fully saturated rings. The van der Waals surface area contributed by atoms with Crippen molar-refractivity contribution in [3.63, 3.8) is 0 Å². The first-order chi connectivity index (χ1) is 11.1. The Morgan fingerprint density at radius 3 is 1.96 bits per heavy atom. The van der Waals surface area contributed by atoms with Crippen LogP contribution >= 0.6 is 0 Å². The summed E-state index contributed by atoms with van der Waals surface area (Å²) in [5, 5.41) is 10.5. The molecule has 0 aliphatic carbocycles.